The molecule has 0 aliphatic carbocycles. The topological polar surface area (TPSA) is 27.6 Å². The van der Waals surface area contributed by atoms with Gasteiger partial charge in [-0.2, -0.15) is 5.10 Å². The van der Waals surface area contributed by atoms with Crippen molar-refractivity contribution < 1.29 is 0 Å². The van der Waals surface area contributed by atoms with E-state index in [4.69, 9.17) is 0 Å². The van der Waals surface area contributed by atoms with Gasteiger partial charge in [0.15, 0.2) is 0 Å². The summed E-state index contributed by atoms with van der Waals surface area (Å²) in [5, 5.41) is 9.61. The molecule has 0 atom stereocenters. The van der Waals surface area contributed by atoms with Gasteiger partial charge < -0.3 is 5.32 Å². The Hall–Kier alpha value is -1.05. The Morgan fingerprint density at radius 1 is 1.42 bits per heavy atom. The summed E-state index contributed by atoms with van der Waals surface area (Å²) in [7, 11) is 0. The van der Waals surface area contributed by atoms with Crippen LogP contribution in [0.1, 0.15) is 12.8 Å². The third kappa shape index (κ3) is 1.58. The van der Waals surface area contributed by atoms with Crippen LogP contribution in [-0.2, 0) is 0 Å². The predicted octanol–water partition coefficient (Wildman–Crippen LogP) is 0.709. The molecule has 2 heterocycles. The highest BCUT2D eigenvalue weighted by molar-refractivity contribution is 5.71. The van der Waals surface area contributed by atoms with E-state index in [2.05, 4.69) is 16.1 Å². The van der Waals surface area contributed by atoms with Gasteiger partial charge in [0.2, 0.25) is 0 Å². The van der Waals surface area contributed by atoms with Crippen LogP contribution in [-0.4, -0.2) is 30.4 Å². The van der Waals surface area contributed by atoms with Crippen LogP contribution in [0.25, 0.3) is 0 Å². The molecule has 0 aromatic rings. The molecule has 1 N–H and O–H groups in total. The molecule has 2 aliphatic heterocycles. The Bertz CT molecular complexity index is 232. The fraction of sp³-hybridized carbons (Fsp3) is 0.556. The maximum atomic E-state index is 4.26. The Kier molecular flexibility index (Phi) is 2.26. The summed E-state index contributed by atoms with van der Waals surface area (Å²) in [5.41, 5.74) is 3.04. The fourth-order valence-electron chi connectivity index (χ4n) is 1.58. The molecule has 3 heteroatoms. The summed E-state index contributed by atoms with van der Waals surface area (Å²) in [4.78, 5) is 0. The lowest BCUT2D eigenvalue weighted by Gasteiger charge is -2.29. The molecule has 1 saturated heterocycles. The first kappa shape index (κ1) is 7.59. The average Bonchev–Trinajstić information content (AvgIpc) is 2.21. The number of hydrogen-bond acceptors (Lipinski definition) is 3. The molecule has 0 aromatic carbocycles. The third-order valence-corrected chi connectivity index (χ3v) is 2.26. The van der Waals surface area contributed by atoms with Crippen molar-refractivity contribution in [2.45, 2.75) is 18.9 Å². The van der Waals surface area contributed by atoms with Crippen LogP contribution in [0.15, 0.2) is 23.1 Å². The van der Waals surface area contributed by atoms with Gasteiger partial charge in [-0.05, 0) is 25.9 Å². The van der Waals surface area contributed by atoms with E-state index in [1.807, 2.05) is 17.3 Å². The summed E-state index contributed by atoms with van der Waals surface area (Å²) in [6.45, 7) is 2.21. The van der Waals surface area contributed by atoms with Gasteiger partial charge in [0.1, 0.15) is 0 Å². The minimum Gasteiger partial charge on any atom is -0.317 e. The summed E-state index contributed by atoms with van der Waals surface area (Å²) >= 11 is 0. The fourth-order valence-corrected chi connectivity index (χ4v) is 1.58. The largest absolute Gasteiger partial charge is 0.317 e. The normalized spacial score (nSPS) is 23.5. The van der Waals surface area contributed by atoms with E-state index >= 15 is 0 Å². The van der Waals surface area contributed by atoms with Gasteiger partial charge in [-0.25, -0.2) is 0 Å². The zero-order chi connectivity index (χ0) is 8.23. The maximum Gasteiger partial charge on any atom is 0.0654 e. The Morgan fingerprint density at radius 3 is 2.92 bits per heavy atom. The monoisotopic (exact) mass is 163 g/mol. The zero-order valence-electron chi connectivity index (χ0n) is 7.03. The Morgan fingerprint density at radius 2 is 2.25 bits per heavy atom. The van der Waals surface area contributed by atoms with E-state index < -0.39 is 0 Å². The van der Waals surface area contributed by atoms with Crippen molar-refractivity contribution in [3.63, 3.8) is 0 Å². The van der Waals surface area contributed by atoms with Gasteiger partial charge in [-0.3, -0.25) is 5.01 Å². The highest BCUT2D eigenvalue weighted by Gasteiger charge is 2.17. The molecular weight excluding hydrogens is 150 g/mol. The number of nitrogens with one attached hydrogen (secondary N) is 1. The molecule has 0 unspecified atom stereocenters. The van der Waals surface area contributed by atoms with E-state index in [1.165, 1.54) is 12.8 Å². The van der Waals surface area contributed by atoms with Gasteiger partial charge in [0, 0.05) is 6.08 Å². The maximum absolute atomic E-state index is 4.26. The highest BCUT2D eigenvalue weighted by Crippen LogP contribution is 2.12. The van der Waals surface area contributed by atoms with Crippen LogP contribution in [0.5, 0.6) is 0 Å². The first-order valence-corrected chi connectivity index (χ1v) is 4.41. The molecule has 1 fully saturated rings. The van der Waals surface area contributed by atoms with Gasteiger partial charge in [0.05, 0.1) is 18.5 Å². The standard InChI is InChI=1S/C9H13N3/c1-2-8-12(11-5-1)9-3-6-10-7-4-9/h1,5,8-10H,3-4,6-7H2. The summed E-state index contributed by atoms with van der Waals surface area (Å²) in [6.07, 6.45) is 7.90. The van der Waals surface area contributed by atoms with Gasteiger partial charge >= 0.3 is 0 Å². The second kappa shape index (κ2) is 3.57. The minimum atomic E-state index is 0.573. The molecule has 3 nitrogen and oxygen atoms in total. The first-order valence-electron chi connectivity index (χ1n) is 4.41. The average molecular weight is 163 g/mol. The van der Waals surface area contributed by atoms with Crippen molar-refractivity contribution in [2.24, 2.45) is 5.10 Å². The third-order valence-electron chi connectivity index (χ3n) is 2.26. The molecule has 2 rings (SSSR count). The van der Waals surface area contributed by atoms with Crippen LogP contribution in [0.4, 0.5) is 0 Å². The molecule has 2 aliphatic rings. The quantitative estimate of drug-likeness (QED) is 0.576. The lowest BCUT2D eigenvalue weighted by atomic mass is 10.1. The van der Waals surface area contributed by atoms with Crippen molar-refractivity contribution >= 4 is 6.21 Å². The molecule has 0 spiro atoms. The van der Waals surface area contributed by atoms with E-state index in [-0.39, 0.29) is 0 Å². The van der Waals surface area contributed by atoms with Gasteiger partial charge in [-0.1, -0.05) is 5.73 Å². The SMILES string of the molecule is C1=CC=NN(C2CCNCC2)C=1. The second-order valence-electron chi connectivity index (χ2n) is 3.09. The number of rotatable bonds is 1. The van der Waals surface area contributed by atoms with Crippen molar-refractivity contribution in [3.05, 3.63) is 18.0 Å². The number of hydrazone groups is 1. The van der Waals surface area contributed by atoms with Crippen LogP contribution in [0.3, 0.4) is 0 Å². The first-order chi connectivity index (χ1) is 5.97. The molecule has 0 aromatic heterocycles. The molecule has 0 bridgehead atoms. The van der Waals surface area contributed by atoms with E-state index in [1.54, 1.807) is 6.21 Å². The van der Waals surface area contributed by atoms with E-state index in [9.17, 15) is 0 Å². The van der Waals surface area contributed by atoms with E-state index in [0.29, 0.717) is 6.04 Å². The number of hydrogen-bond donors (Lipinski definition) is 1. The summed E-state index contributed by atoms with van der Waals surface area (Å²) < 4.78 is 0. The molecule has 0 amide bonds. The van der Waals surface area contributed by atoms with Crippen LogP contribution in [0, 0.1) is 0 Å². The predicted molar refractivity (Wildman–Crippen MR) is 48.9 cm³/mol. The van der Waals surface area contributed by atoms with Gasteiger partial charge in [0.25, 0.3) is 0 Å². The molecule has 64 valence electrons. The van der Waals surface area contributed by atoms with Crippen LogP contribution >= 0.6 is 0 Å². The second-order valence-corrected chi connectivity index (χ2v) is 3.09. The number of piperidine rings is 1. The van der Waals surface area contributed by atoms with E-state index in [0.717, 1.165) is 13.1 Å². The molecular formula is C9H13N3. The Balaban J connectivity index is 1.99. The van der Waals surface area contributed by atoms with Crippen LogP contribution in [0.2, 0.25) is 0 Å². The highest BCUT2D eigenvalue weighted by atomic mass is 15.5. The van der Waals surface area contributed by atoms with Crippen molar-refractivity contribution in [3.8, 4) is 0 Å². The molecule has 0 radical (unpaired) electrons. The van der Waals surface area contributed by atoms with Gasteiger partial charge in [-0.15, -0.1) is 0 Å². The number of nitrogens with zero attached hydrogens (tertiary/aromatic N) is 2. The Labute approximate surface area is 72.4 Å². The molecule has 0 saturated carbocycles. The zero-order valence-corrected chi connectivity index (χ0v) is 7.03. The minimum absolute atomic E-state index is 0.573. The molecule has 12 heavy (non-hydrogen) atoms. The summed E-state index contributed by atoms with van der Waals surface area (Å²) in [6, 6.07) is 0.573. The van der Waals surface area contributed by atoms with Crippen molar-refractivity contribution in [1.82, 2.24) is 10.3 Å². The van der Waals surface area contributed by atoms with Crippen molar-refractivity contribution in [2.75, 3.05) is 13.1 Å². The smallest absolute Gasteiger partial charge is 0.0654 e. The summed E-state index contributed by atoms with van der Waals surface area (Å²) in [5.74, 6) is 0. The lowest BCUT2D eigenvalue weighted by molar-refractivity contribution is 0.234. The van der Waals surface area contributed by atoms with Crippen molar-refractivity contribution in [1.29, 1.82) is 0 Å². The number of allylic oxidation sites excluding steroid dienone is 1. The van der Waals surface area contributed by atoms with Crippen LogP contribution < -0.4 is 5.32 Å². The lowest BCUT2D eigenvalue weighted by Crippen LogP contribution is -2.38.